The molecule has 4 rings (SSSR count). The molecule has 0 radical (unpaired) electrons. The van der Waals surface area contributed by atoms with E-state index in [-0.39, 0.29) is 11.2 Å². The normalized spacial score (nSPS) is 11.4. The lowest BCUT2D eigenvalue weighted by Gasteiger charge is -2.05. The maximum atomic E-state index is 13.3. The van der Waals surface area contributed by atoms with Crippen LogP contribution < -0.4 is 5.43 Å². The Bertz CT molecular complexity index is 1030. The molecule has 4 aromatic rings. The van der Waals surface area contributed by atoms with E-state index in [0.29, 0.717) is 32.7 Å². The summed E-state index contributed by atoms with van der Waals surface area (Å²) in [6, 6.07) is 15.0. The van der Waals surface area contributed by atoms with E-state index in [9.17, 15) is 9.18 Å². The summed E-state index contributed by atoms with van der Waals surface area (Å²) in [7, 11) is 0. The molecular formula is C17H9FO2. The summed E-state index contributed by atoms with van der Waals surface area (Å²) in [6.07, 6.45) is 0. The predicted octanol–water partition coefficient (Wildman–Crippen LogP) is 4.24. The zero-order chi connectivity index (χ0) is 13.7. The van der Waals surface area contributed by atoms with E-state index >= 15 is 0 Å². The number of rotatable bonds is 0. The molecule has 0 saturated heterocycles. The summed E-state index contributed by atoms with van der Waals surface area (Å²) in [4.78, 5) is 12.6. The van der Waals surface area contributed by atoms with Crippen LogP contribution in [0.1, 0.15) is 0 Å². The highest BCUT2D eigenvalue weighted by Gasteiger charge is 2.10. The molecule has 0 N–H and O–H groups in total. The molecule has 20 heavy (non-hydrogen) atoms. The summed E-state index contributed by atoms with van der Waals surface area (Å²) in [6.45, 7) is 0. The highest BCUT2D eigenvalue weighted by atomic mass is 19.1. The van der Waals surface area contributed by atoms with Crippen LogP contribution in [0.15, 0.2) is 63.8 Å². The van der Waals surface area contributed by atoms with Gasteiger partial charge in [0.15, 0.2) is 0 Å². The number of fused-ring (bicyclic) bond motifs is 4. The zero-order valence-electron chi connectivity index (χ0n) is 10.4. The Morgan fingerprint density at radius 1 is 0.850 bits per heavy atom. The average molecular weight is 264 g/mol. The van der Waals surface area contributed by atoms with Gasteiger partial charge in [-0.15, -0.1) is 0 Å². The molecule has 0 saturated carbocycles. The molecule has 0 aliphatic carbocycles. The van der Waals surface area contributed by atoms with Gasteiger partial charge in [0.2, 0.25) is 5.43 Å². The van der Waals surface area contributed by atoms with Crippen molar-refractivity contribution in [3.05, 3.63) is 70.6 Å². The van der Waals surface area contributed by atoms with Crippen molar-refractivity contribution < 1.29 is 8.81 Å². The predicted molar refractivity (Wildman–Crippen MR) is 77.5 cm³/mol. The number of para-hydroxylation sites is 1. The SMILES string of the molecule is O=c1c2ccccc2oc2ccc3cc(F)ccc3c12. The lowest BCUT2D eigenvalue weighted by atomic mass is 10.0. The Kier molecular flexibility index (Phi) is 2.18. The van der Waals surface area contributed by atoms with E-state index in [0.717, 1.165) is 0 Å². The molecule has 0 aliphatic rings. The smallest absolute Gasteiger partial charge is 0.201 e. The van der Waals surface area contributed by atoms with E-state index in [4.69, 9.17) is 4.42 Å². The summed E-state index contributed by atoms with van der Waals surface area (Å²) >= 11 is 0. The number of halogens is 1. The minimum Gasteiger partial charge on any atom is -0.456 e. The van der Waals surface area contributed by atoms with Gasteiger partial charge in [-0.25, -0.2) is 4.39 Å². The maximum absolute atomic E-state index is 13.3. The summed E-state index contributed by atoms with van der Waals surface area (Å²) in [5, 5.41) is 2.45. The van der Waals surface area contributed by atoms with Crippen LogP contribution in [0.25, 0.3) is 32.7 Å². The van der Waals surface area contributed by atoms with Crippen LogP contribution in [-0.2, 0) is 0 Å². The van der Waals surface area contributed by atoms with Gasteiger partial charge in [-0.2, -0.15) is 0 Å². The molecule has 0 spiro atoms. The van der Waals surface area contributed by atoms with Crippen molar-refractivity contribution in [3.63, 3.8) is 0 Å². The van der Waals surface area contributed by atoms with Crippen LogP contribution in [-0.4, -0.2) is 0 Å². The fraction of sp³-hybridized carbons (Fsp3) is 0. The molecule has 1 aromatic heterocycles. The third-order valence-electron chi connectivity index (χ3n) is 3.52. The number of benzene rings is 3. The van der Waals surface area contributed by atoms with E-state index in [1.54, 1.807) is 36.4 Å². The summed E-state index contributed by atoms with van der Waals surface area (Å²) < 4.78 is 19.1. The monoisotopic (exact) mass is 264 g/mol. The van der Waals surface area contributed by atoms with E-state index in [1.807, 2.05) is 6.07 Å². The molecular weight excluding hydrogens is 255 g/mol. The minimum atomic E-state index is -0.318. The van der Waals surface area contributed by atoms with Gasteiger partial charge in [0.1, 0.15) is 17.0 Å². The van der Waals surface area contributed by atoms with Gasteiger partial charge < -0.3 is 4.42 Å². The Morgan fingerprint density at radius 3 is 2.60 bits per heavy atom. The fourth-order valence-electron chi connectivity index (χ4n) is 2.60. The van der Waals surface area contributed by atoms with Gasteiger partial charge in [0.25, 0.3) is 0 Å². The third kappa shape index (κ3) is 1.46. The van der Waals surface area contributed by atoms with Crippen LogP contribution in [0.5, 0.6) is 0 Å². The fourth-order valence-corrected chi connectivity index (χ4v) is 2.60. The second-order valence-corrected chi connectivity index (χ2v) is 4.73. The second-order valence-electron chi connectivity index (χ2n) is 4.73. The van der Waals surface area contributed by atoms with Crippen LogP contribution in [0.3, 0.4) is 0 Å². The van der Waals surface area contributed by atoms with E-state index < -0.39 is 0 Å². The van der Waals surface area contributed by atoms with Gasteiger partial charge in [-0.1, -0.05) is 24.3 Å². The number of hydrogen-bond acceptors (Lipinski definition) is 2. The van der Waals surface area contributed by atoms with Crippen molar-refractivity contribution in [1.29, 1.82) is 0 Å². The first kappa shape index (κ1) is 11.2. The van der Waals surface area contributed by atoms with Crippen LogP contribution in [0.2, 0.25) is 0 Å². The average Bonchev–Trinajstić information content (AvgIpc) is 2.47. The Morgan fingerprint density at radius 2 is 1.70 bits per heavy atom. The van der Waals surface area contributed by atoms with E-state index in [1.165, 1.54) is 12.1 Å². The Labute approximate surface area is 113 Å². The molecule has 0 fully saturated rings. The van der Waals surface area contributed by atoms with Gasteiger partial charge in [0.05, 0.1) is 10.8 Å². The topological polar surface area (TPSA) is 30.2 Å². The Balaban J connectivity index is 2.32. The first-order valence-electron chi connectivity index (χ1n) is 6.28. The second kappa shape index (κ2) is 3.90. The quantitative estimate of drug-likeness (QED) is 0.351. The molecule has 0 aliphatic heterocycles. The molecule has 3 heteroatoms. The van der Waals surface area contributed by atoms with Gasteiger partial charge in [0, 0.05) is 0 Å². The van der Waals surface area contributed by atoms with E-state index in [2.05, 4.69) is 0 Å². The lowest BCUT2D eigenvalue weighted by molar-refractivity contribution is 0.629. The molecule has 0 unspecified atom stereocenters. The molecule has 2 nitrogen and oxygen atoms in total. The highest BCUT2D eigenvalue weighted by molar-refractivity contribution is 6.08. The van der Waals surface area contributed by atoms with Crippen molar-refractivity contribution in [3.8, 4) is 0 Å². The molecule has 0 atom stereocenters. The highest BCUT2D eigenvalue weighted by Crippen LogP contribution is 2.26. The Hall–Kier alpha value is -2.68. The van der Waals surface area contributed by atoms with Crippen LogP contribution >= 0.6 is 0 Å². The number of hydrogen-bond donors (Lipinski definition) is 0. The molecule has 0 bridgehead atoms. The lowest BCUT2D eigenvalue weighted by Crippen LogP contribution is -2.02. The van der Waals surface area contributed by atoms with Gasteiger partial charge >= 0.3 is 0 Å². The summed E-state index contributed by atoms with van der Waals surface area (Å²) in [5.41, 5.74) is 0.998. The zero-order valence-corrected chi connectivity index (χ0v) is 10.4. The van der Waals surface area contributed by atoms with Crippen LogP contribution in [0, 0.1) is 5.82 Å². The van der Waals surface area contributed by atoms with Gasteiger partial charge in [-0.05, 0) is 41.1 Å². The van der Waals surface area contributed by atoms with Crippen molar-refractivity contribution in [2.75, 3.05) is 0 Å². The molecule has 96 valence electrons. The van der Waals surface area contributed by atoms with Gasteiger partial charge in [-0.3, -0.25) is 4.79 Å². The molecule has 3 aromatic carbocycles. The van der Waals surface area contributed by atoms with Crippen LogP contribution in [0.4, 0.5) is 4.39 Å². The first-order chi connectivity index (χ1) is 9.74. The standard InChI is InChI=1S/C17H9FO2/c18-11-6-7-12-10(9-11)5-8-15-16(12)17(19)13-3-1-2-4-14(13)20-15/h1-9H. The largest absolute Gasteiger partial charge is 0.456 e. The van der Waals surface area contributed by atoms with Crippen molar-refractivity contribution >= 4 is 32.7 Å². The summed E-state index contributed by atoms with van der Waals surface area (Å²) in [5.74, 6) is -0.318. The maximum Gasteiger partial charge on any atom is 0.201 e. The van der Waals surface area contributed by atoms with Crippen molar-refractivity contribution in [2.24, 2.45) is 0 Å². The molecule has 1 heterocycles. The molecule has 0 amide bonds. The van der Waals surface area contributed by atoms with Crippen molar-refractivity contribution in [2.45, 2.75) is 0 Å². The first-order valence-corrected chi connectivity index (χ1v) is 6.28. The minimum absolute atomic E-state index is 0.0842. The van der Waals surface area contributed by atoms with Crippen molar-refractivity contribution in [1.82, 2.24) is 0 Å². The third-order valence-corrected chi connectivity index (χ3v) is 3.52.